The molecular weight excluding hydrogens is 375 g/mol. The summed E-state index contributed by atoms with van der Waals surface area (Å²) in [4.78, 5) is 16.2. The standard InChI is InChI=1S/C10H9Cl2NS.C5H11NO.C4H10/c1-4-7-9(12)6(3)14-10(7)13-5(2)8(4)11;1-3-5(2)6-4-7;1-3-4-2/h1-3H3;4-5H,3H2,1-2H3,(H,6,7);3-4H2,1-2H3. The number of hydrogen-bond donors (Lipinski definition) is 1. The van der Waals surface area contributed by atoms with E-state index in [1.165, 1.54) is 12.8 Å². The molecule has 0 aliphatic heterocycles. The molecule has 2 heterocycles. The van der Waals surface area contributed by atoms with E-state index in [0.717, 1.165) is 49.2 Å². The minimum atomic E-state index is 0.331. The lowest BCUT2D eigenvalue weighted by Gasteiger charge is -2.03. The topological polar surface area (TPSA) is 42.0 Å². The van der Waals surface area contributed by atoms with Crippen LogP contribution >= 0.6 is 34.5 Å². The molecule has 0 saturated carbocycles. The summed E-state index contributed by atoms with van der Waals surface area (Å²) < 4.78 is 0. The number of unbranched alkanes of at least 4 members (excludes halogenated alkanes) is 1. The monoisotopic (exact) mass is 404 g/mol. The molecule has 0 aliphatic carbocycles. The van der Waals surface area contributed by atoms with E-state index in [0.29, 0.717) is 6.04 Å². The number of carbonyl (C=O) groups excluding carboxylic acids is 1. The third kappa shape index (κ3) is 7.51. The first-order valence-corrected chi connectivity index (χ1v) is 10.2. The Bertz CT molecular complexity index is 669. The SMILES string of the molecule is CCC(C)NC=O.CCCC.Cc1nc2sc(C)c(Cl)c2c(C)c1Cl. The molecule has 1 unspecified atom stereocenters. The van der Waals surface area contributed by atoms with Gasteiger partial charge in [0.15, 0.2) is 0 Å². The first-order chi connectivity index (χ1) is 11.7. The van der Waals surface area contributed by atoms with Gasteiger partial charge in [0.1, 0.15) is 4.83 Å². The van der Waals surface area contributed by atoms with Gasteiger partial charge in [0.25, 0.3) is 0 Å². The van der Waals surface area contributed by atoms with Gasteiger partial charge in [-0.3, -0.25) is 4.79 Å². The van der Waals surface area contributed by atoms with Gasteiger partial charge in [0.05, 0.1) is 15.7 Å². The zero-order valence-electron chi connectivity index (χ0n) is 16.3. The zero-order chi connectivity index (χ0) is 19.6. The first kappa shape index (κ1) is 24.2. The second kappa shape index (κ2) is 12.5. The van der Waals surface area contributed by atoms with Crippen molar-refractivity contribution in [3.8, 4) is 0 Å². The molecule has 25 heavy (non-hydrogen) atoms. The fourth-order valence-corrected chi connectivity index (χ4v) is 3.29. The molecule has 0 aliphatic rings. The number of pyridine rings is 1. The van der Waals surface area contributed by atoms with Crippen LogP contribution in [0.4, 0.5) is 0 Å². The number of rotatable bonds is 4. The van der Waals surface area contributed by atoms with Crippen molar-refractivity contribution in [1.29, 1.82) is 0 Å². The van der Waals surface area contributed by atoms with Gasteiger partial charge in [-0.2, -0.15) is 0 Å². The van der Waals surface area contributed by atoms with Gasteiger partial charge in [-0.05, 0) is 39.7 Å². The minimum absolute atomic E-state index is 0.331. The fourth-order valence-electron chi connectivity index (χ4n) is 1.73. The minimum Gasteiger partial charge on any atom is -0.356 e. The molecule has 3 nitrogen and oxygen atoms in total. The number of hydrogen-bond acceptors (Lipinski definition) is 3. The normalized spacial score (nSPS) is 11.1. The molecule has 0 aromatic carbocycles. The van der Waals surface area contributed by atoms with E-state index in [2.05, 4.69) is 24.1 Å². The maximum absolute atomic E-state index is 9.66. The molecule has 0 spiro atoms. The maximum Gasteiger partial charge on any atom is 0.207 e. The van der Waals surface area contributed by atoms with Crippen LogP contribution < -0.4 is 5.32 Å². The highest BCUT2D eigenvalue weighted by Gasteiger charge is 2.14. The summed E-state index contributed by atoms with van der Waals surface area (Å²) >= 11 is 13.9. The van der Waals surface area contributed by atoms with Crippen molar-refractivity contribution in [1.82, 2.24) is 10.3 Å². The van der Waals surface area contributed by atoms with Crippen molar-refractivity contribution >= 4 is 51.2 Å². The second-order valence-electron chi connectivity index (χ2n) is 5.88. The molecule has 0 bridgehead atoms. The molecule has 0 radical (unpaired) electrons. The number of amides is 1. The third-order valence-electron chi connectivity index (χ3n) is 3.75. The Hall–Kier alpha value is -0.840. The van der Waals surface area contributed by atoms with Crippen molar-refractivity contribution in [3.63, 3.8) is 0 Å². The van der Waals surface area contributed by atoms with Gasteiger partial charge in [-0.15, -0.1) is 11.3 Å². The van der Waals surface area contributed by atoms with Gasteiger partial charge < -0.3 is 5.32 Å². The van der Waals surface area contributed by atoms with Crippen LogP contribution in [0.2, 0.25) is 10.0 Å². The summed E-state index contributed by atoms with van der Waals surface area (Å²) in [5.41, 5.74) is 1.90. The van der Waals surface area contributed by atoms with E-state index < -0.39 is 0 Å². The van der Waals surface area contributed by atoms with Crippen LogP contribution in [0, 0.1) is 20.8 Å². The number of halogens is 2. The number of nitrogens with zero attached hydrogens (tertiary/aromatic N) is 1. The molecule has 1 N–H and O–H groups in total. The van der Waals surface area contributed by atoms with Crippen LogP contribution in [0.25, 0.3) is 10.2 Å². The molecule has 2 rings (SSSR count). The summed E-state index contributed by atoms with van der Waals surface area (Å²) in [5.74, 6) is 0. The maximum atomic E-state index is 9.66. The number of carbonyl (C=O) groups is 1. The number of aromatic nitrogens is 1. The average Bonchev–Trinajstić information content (AvgIpc) is 2.88. The Morgan fingerprint density at radius 3 is 2.08 bits per heavy atom. The summed E-state index contributed by atoms with van der Waals surface area (Å²) in [7, 11) is 0. The summed E-state index contributed by atoms with van der Waals surface area (Å²) in [5, 5.41) is 5.13. The lowest BCUT2D eigenvalue weighted by Crippen LogP contribution is -2.22. The zero-order valence-corrected chi connectivity index (χ0v) is 18.6. The highest BCUT2D eigenvalue weighted by Crippen LogP contribution is 2.38. The van der Waals surface area contributed by atoms with Crippen LogP contribution in [-0.4, -0.2) is 17.4 Å². The summed E-state index contributed by atoms with van der Waals surface area (Å²) in [6, 6.07) is 0.331. The van der Waals surface area contributed by atoms with Crippen molar-refractivity contribution in [2.45, 2.75) is 73.8 Å². The molecule has 0 fully saturated rings. The number of thiophene rings is 1. The van der Waals surface area contributed by atoms with Crippen LogP contribution in [0.1, 0.15) is 63.1 Å². The lowest BCUT2D eigenvalue weighted by atomic mass is 10.2. The molecule has 1 amide bonds. The highest BCUT2D eigenvalue weighted by atomic mass is 35.5. The van der Waals surface area contributed by atoms with E-state index in [1.807, 2.05) is 34.6 Å². The first-order valence-electron chi connectivity index (χ1n) is 8.65. The van der Waals surface area contributed by atoms with E-state index in [1.54, 1.807) is 11.3 Å². The van der Waals surface area contributed by atoms with Crippen molar-refractivity contribution < 1.29 is 4.79 Å². The van der Waals surface area contributed by atoms with Crippen LogP contribution in [-0.2, 0) is 4.79 Å². The molecule has 2 aromatic rings. The van der Waals surface area contributed by atoms with Crippen molar-refractivity contribution in [2.75, 3.05) is 0 Å². The Morgan fingerprint density at radius 1 is 1.12 bits per heavy atom. The van der Waals surface area contributed by atoms with Gasteiger partial charge in [0, 0.05) is 16.3 Å². The van der Waals surface area contributed by atoms with Crippen molar-refractivity contribution in [2.24, 2.45) is 0 Å². The molecule has 142 valence electrons. The smallest absolute Gasteiger partial charge is 0.207 e. The molecule has 2 aromatic heterocycles. The molecule has 6 heteroatoms. The lowest BCUT2D eigenvalue weighted by molar-refractivity contribution is -0.110. The van der Waals surface area contributed by atoms with Crippen LogP contribution in [0.3, 0.4) is 0 Å². The summed E-state index contributed by atoms with van der Waals surface area (Å²) in [6.45, 7) is 14.3. The number of nitrogens with one attached hydrogen (secondary N) is 1. The van der Waals surface area contributed by atoms with E-state index in [-0.39, 0.29) is 0 Å². The highest BCUT2D eigenvalue weighted by molar-refractivity contribution is 7.19. The predicted octanol–water partition coefficient (Wildman–Crippen LogP) is 6.87. The third-order valence-corrected chi connectivity index (χ3v) is 5.89. The predicted molar refractivity (Wildman–Crippen MR) is 113 cm³/mol. The van der Waals surface area contributed by atoms with E-state index in [9.17, 15) is 4.79 Å². The number of aryl methyl sites for hydroxylation is 3. The quantitative estimate of drug-likeness (QED) is 0.564. The summed E-state index contributed by atoms with van der Waals surface area (Å²) in [6.07, 6.45) is 4.37. The van der Waals surface area contributed by atoms with Gasteiger partial charge in [-0.25, -0.2) is 4.98 Å². The van der Waals surface area contributed by atoms with Gasteiger partial charge >= 0.3 is 0 Å². The van der Waals surface area contributed by atoms with Gasteiger partial charge in [0.2, 0.25) is 6.41 Å². The molecular formula is C19H30Cl2N2OS. The Balaban J connectivity index is 0.000000442. The van der Waals surface area contributed by atoms with E-state index >= 15 is 0 Å². The largest absolute Gasteiger partial charge is 0.356 e. The van der Waals surface area contributed by atoms with Crippen LogP contribution in [0.5, 0.6) is 0 Å². The number of fused-ring (bicyclic) bond motifs is 1. The van der Waals surface area contributed by atoms with Gasteiger partial charge in [-0.1, -0.05) is 56.8 Å². The van der Waals surface area contributed by atoms with Crippen LogP contribution in [0.15, 0.2) is 0 Å². The van der Waals surface area contributed by atoms with E-state index in [4.69, 9.17) is 23.2 Å². The Morgan fingerprint density at radius 2 is 1.68 bits per heavy atom. The average molecular weight is 405 g/mol. The molecule has 1 atom stereocenters. The fraction of sp³-hybridized carbons (Fsp3) is 0.579. The Labute approximate surface area is 166 Å². The second-order valence-corrected chi connectivity index (χ2v) is 7.84. The molecule has 0 saturated heterocycles. The van der Waals surface area contributed by atoms with Crippen molar-refractivity contribution in [3.05, 3.63) is 26.2 Å². The Kier molecular flexibility index (Phi) is 12.1.